The van der Waals surface area contributed by atoms with Gasteiger partial charge in [-0.05, 0) is 71.5 Å². The molecule has 4 aromatic carbocycles. The molecule has 4 rings (SSSR count). The monoisotopic (exact) mass is 636 g/mol. The molecule has 0 fully saturated rings. The lowest BCUT2D eigenvalue weighted by Gasteiger charge is -2.11. The van der Waals surface area contributed by atoms with E-state index in [9.17, 15) is 9.59 Å². The second-order valence-corrected chi connectivity index (χ2v) is 10.5. The number of hydrazone groups is 2. The van der Waals surface area contributed by atoms with Crippen molar-refractivity contribution in [2.75, 3.05) is 14.2 Å². The number of rotatable bonds is 18. The van der Waals surface area contributed by atoms with Crippen molar-refractivity contribution in [3.05, 3.63) is 119 Å². The highest BCUT2D eigenvalue weighted by Crippen LogP contribution is 2.29. The Bertz CT molecular complexity index is 1510. The molecule has 0 aliphatic rings. The maximum absolute atomic E-state index is 12.2. The molecule has 2 N–H and O–H groups in total. The van der Waals surface area contributed by atoms with Gasteiger partial charge in [0.05, 0.1) is 26.6 Å². The lowest BCUT2D eigenvalue weighted by atomic mass is 10.1. The van der Waals surface area contributed by atoms with E-state index in [1.54, 1.807) is 38.8 Å². The molecule has 0 bridgehead atoms. The summed E-state index contributed by atoms with van der Waals surface area (Å²) >= 11 is 0. The predicted molar refractivity (Wildman–Crippen MR) is 182 cm³/mol. The third kappa shape index (κ3) is 12.0. The minimum absolute atomic E-state index is 0.197. The fraction of sp³-hybridized carbons (Fsp3) is 0.243. The van der Waals surface area contributed by atoms with Gasteiger partial charge >= 0.3 is 0 Å². The van der Waals surface area contributed by atoms with E-state index in [-0.39, 0.29) is 11.8 Å². The maximum Gasteiger partial charge on any atom is 0.240 e. The number of nitrogens with zero attached hydrogens (tertiary/aromatic N) is 2. The summed E-state index contributed by atoms with van der Waals surface area (Å²) in [6.07, 6.45) is 5.71. The molecule has 0 aliphatic heterocycles. The average Bonchev–Trinajstić information content (AvgIpc) is 3.11. The summed E-state index contributed by atoms with van der Waals surface area (Å²) in [5.41, 5.74) is 8.71. The van der Waals surface area contributed by atoms with Crippen LogP contribution in [0, 0.1) is 0 Å². The van der Waals surface area contributed by atoms with Crippen molar-refractivity contribution in [1.82, 2.24) is 10.9 Å². The zero-order chi connectivity index (χ0) is 33.1. The van der Waals surface area contributed by atoms with E-state index in [0.717, 1.165) is 28.7 Å². The van der Waals surface area contributed by atoms with Crippen molar-refractivity contribution >= 4 is 24.2 Å². The van der Waals surface area contributed by atoms with Crippen LogP contribution in [-0.2, 0) is 22.8 Å². The highest BCUT2D eigenvalue weighted by molar-refractivity contribution is 5.84. The predicted octanol–water partition coefficient (Wildman–Crippen LogP) is 6.41. The second-order valence-electron chi connectivity index (χ2n) is 10.5. The van der Waals surface area contributed by atoms with Gasteiger partial charge in [0.2, 0.25) is 11.8 Å². The number of amides is 2. The molecule has 0 saturated heterocycles. The van der Waals surface area contributed by atoms with Crippen LogP contribution in [0.25, 0.3) is 0 Å². The number of hydrogen-bond acceptors (Lipinski definition) is 8. The Kier molecular flexibility index (Phi) is 13.8. The molecular formula is C37H40N4O6. The van der Waals surface area contributed by atoms with Gasteiger partial charge in [-0.25, -0.2) is 10.9 Å². The van der Waals surface area contributed by atoms with Crippen LogP contribution in [0.1, 0.15) is 54.4 Å². The molecule has 0 aliphatic carbocycles. The summed E-state index contributed by atoms with van der Waals surface area (Å²) in [6, 6.07) is 30.6. The first-order valence-corrected chi connectivity index (χ1v) is 15.4. The van der Waals surface area contributed by atoms with Gasteiger partial charge in [-0.3, -0.25) is 9.59 Å². The van der Waals surface area contributed by atoms with E-state index in [1.165, 1.54) is 0 Å². The normalized spacial score (nSPS) is 10.9. The fourth-order valence-corrected chi connectivity index (χ4v) is 4.46. The molecule has 0 radical (unpaired) electrons. The molecular weight excluding hydrogens is 596 g/mol. The molecule has 4 aromatic rings. The Labute approximate surface area is 275 Å². The van der Waals surface area contributed by atoms with Crippen molar-refractivity contribution in [3.8, 4) is 23.0 Å². The number of methoxy groups -OCH3 is 2. The molecule has 0 unspecified atom stereocenters. The van der Waals surface area contributed by atoms with E-state index in [0.29, 0.717) is 61.9 Å². The highest BCUT2D eigenvalue weighted by Gasteiger charge is 2.08. The second kappa shape index (κ2) is 19.0. The van der Waals surface area contributed by atoms with Gasteiger partial charge in [-0.1, -0.05) is 67.1 Å². The molecule has 2 amide bonds. The van der Waals surface area contributed by atoms with Gasteiger partial charge in [-0.15, -0.1) is 0 Å². The summed E-state index contributed by atoms with van der Waals surface area (Å²) < 4.78 is 22.7. The van der Waals surface area contributed by atoms with Crippen molar-refractivity contribution in [2.24, 2.45) is 10.2 Å². The highest BCUT2D eigenvalue weighted by atomic mass is 16.5. The van der Waals surface area contributed by atoms with Crippen LogP contribution in [0.4, 0.5) is 0 Å². The zero-order valence-corrected chi connectivity index (χ0v) is 26.7. The van der Waals surface area contributed by atoms with Crippen LogP contribution in [0.2, 0.25) is 0 Å². The number of benzene rings is 4. The SMILES string of the molecule is COc1cc(/C=N\NC(=O)CCCCCC(=O)N/N=C\c2ccc(OCc3ccccc3)c(OC)c2)ccc1OCc1ccccc1. The third-order valence-electron chi connectivity index (χ3n) is 6.96. The van der Waals surface area contributed by atoms with Crippen molar-refractivity contribution < 1.29 is 28.5 Å². The summed E-state index contributed by atoms with van der Waals surface area (Å²) in [4.78, 5) is 24.4. The smallest absolute Gasteiger partial charge is 0.240 e. The van der Waals surface area contributed by atoms with Gasteiger partial charge in [0.15, 0.2) is 23.0 Å². The first-order valence-electron chi connectivity index (χ1n) is 15.4. The first-order chi connectivity index (χ1) is 23.0. The standard InChI is InChI=1S/C37H40N4O6/c1-44-34-22-30(18-20-32(34)46-26-28-12-6-3-7-13-28)24-38-40-36(42)16-10-5-11-17-37(43)41-39-25-31-19-21-33(35(23-31)45-2)47-27-29-14-8-4-9-15-29/h3-4,6-9,12-15,18-25H,5,10-11,16-17,26-27H2,1-2H3,(H,40,42)(H,41,43)/b38-24-,39-25-. The molecule has 10 heteroatoms. The minimum atomic E-state index is -0.197. The topological polar surface area (TPSA) is 120 Å². The molecule has 10 nitrogen and oxygen atoms in total. The first kappa shape index (κ1) is 34.2. The fourth-order valence-electron chi connectivity index (χ4n) is 4.46. The molecule has 0 saturated carbocycles. The molecule has 0 heterocycles. The number of hydrogen-bond donors (Lipinski definition) is 2. The van der Waals surface area contributed by atoms with E-state index in [1.807, 2.05) is 84.9 Å². The van der Waals surface area contributed by atoms with Crippen LogP contribution in [0.3, 0.4) is 0 Å². The Balaban J connectivity index is 1.09. The zero-order valence-electron chi connectivity index (χ0n) is 26.7. The summed E-state index contributed by atoms with van der Waals surface area (Å²) in [5.74, 6) is 1.99. The van der Waals surface area contributed by atoms with Crippen LogP contribution in [0.15, 0.2) is 107 Å². The Morgan fingerprint density at radius 2 is 1.00 bits per heavy atom. The van der Waals surface area contributed by atoms with Gasteiger partial charge in [0.1, 0.15) is 13.2 Å². The number of nitrogens with one attached hydrogen (secondary N) is 2. The number of carbonyl (C=O) groups is 2. The van der Waals surface area contributed by atoms with Crippen LogP contribution in [-0.4, -0.2) is 38.5 Å². The Morgan fingerprint density at radius 1 is 0.574 bits per heavy atom. The number of carbonyl (C=O) groups excluding carboxylic acids is 2. The lowest BCUT2D eigenvalue weighted by Crippen LogP contribution is -2.18. The lowest BCUT2D eigenvalue weighted by molar-refractivity contribution is -0.121. The summed E-state index contributed by atoms with van der Waals surface area (Å²) in [7, 11) is 3.15. The van der Waals surface area contributed by atoms with Crippen LogP contribution >= 0.6 is 0 Å². The average molecular weight is 637 g/mol. The quantitative estimate of drug-likeness (QED) is 0.0740. The largest absolute Gasteiger partial charge is 0.493 e. The van der Waals surface area contributed by atoms with Crippen molar-refractivity contribution in [3.63, 3.8) is 0 Å². The van der Waals surface area contributed by atoms with Crippen LogP contribution < -0.4 is 29.8 Å². The van der Waals surface area contributed by atoms with Crippen molar-refractivity contribution in [2.45, 2.75) is 45.3 Å². The summed E-state index contributed by atoms with van der Waals surface area (Å²) in [6.45, 7) is 0.856. The molecule has 244 valence electrons. The van der Waals surface area contributed by atoms with E-state index < -0.39 is 0 Å². The van der Waals surface area contributed by atoms with Crippen molar-refractivity contribution in [1.29, 1.82) is 0 Å². The van der Waals surface area contributed by atoms with Gasteiger partial charge in [0, 0.05) is 12.8 Å². The number of unbranched alkanes of at least 4 members (excludes halogenated alkanes) is 2. The van der Waals surface area contributed by atoms with Crippen LogP contribution in [0.5, 0.6) is 23.0 Å². The summed E-state index contributed by atoms with van der Waals surface area (Å²) in [5, 5.41) is 8.10. The Morgan fingerprint density at radius 3 is 1.40 bits per heavy atom. The molecule has 0 aromatic heterocycles. The Hall–Kier alpha value is -5.64. The van der Waals surface area contributed by atoms with E-state index >= 15 is 0 Å². The molecule has 0 spiro atoms. The minimum Gasteiger partial charge on any atom is -0.493 e. The number of ether oxygens (including phenoxy) is 4. The molecule has 0 atom stereocenters. The van der Waals surface area contributed by atoms with Gasteiger partial charge in [0.25, 0.3) is 0 Å². The third-order valence-corrected chi connectivity index (χ3v) is 6.96. The van der Waals surface area contributed by atoms with Gasteiger partial charge < -0.3 is 18.9 Å². The maximum atomic E-state index is 12.2. The molecule has 47 heavy (non-hydrogen) atoms. The van der Waals surface area contributed by atoms with E-state index in [2.05, 4.69) is 21.1 Å². The van der Waals surface area contributed by atoms with Gasteiger partial charge in [-0.2, -0.15) is 10.2 Å². The van der Waals surface area contributed by atoms with E-state index in [4.69, 9.17) is 18.9 Å².